The number of likely N-dealkylation sites (N-methyl/N-ethyl adjacent to an activating group) is 1. The van der Waals surface area contributed by atoms with Gasteiger partial charge in [0, 0.05) is 32.2 Å². The first-order chi connectivity index (χ1) is 11.6. The Labute approximate surface area is 146 Å². The largest absolute Gasteiger partial charge is 0.341 e. The standard InChI is InChI=1S/C20H31N3O/c1-16-14-18(22(2)20(24)19-10-6-7-12-21-19)11-13-23(16)15-17-8-4-3-5-9-17/h3-5,8-9,16,18-19,21H,6-7,10-15H2,1-2H3/t16-,18+,19-/m1/s1. The molecule has 1 aromatic carbocycles. The van der Waals surface area contributed by atoms with E-state index in [1.807, 2.05) is 11.9 Å². The fourth-order valence-corrected chi connectivity index (χ4v) is 4.09. The van der Waals surface area contributed by atoms with Crippen LogP contribution in [0.4, 0.5) is 0 Å². The second kappa shape index (κ2) is 8.13. The molecule has 4 heteroatoms. The molecule has 4 nitrogen and oxygen atoms in total. The number of likely N-dealkylation sites (tertiary alicyclic amines) is 1. The van der Waals surface area contributed by atoms with Crippen molar-refractivity contribution in [1.29, 1.82) is 0 Å². The molecular weight excluding hydrogens is 298 g/mol. The van der Waals surface area contributed by atoms with E-state index in [9.17, 15) is 4.79 Å². The van der Waals surface area contributed by atoms with Crippen molar-refractivity contribution >= 4 is 5.91 Å². The maximum Gasteiger partial charge on any atom is 0.239 e. The summed E-state index contributed by atoms with van der Waals surface area (Å²) < 4.78 is 0. The van der Waals surface area contributed by atoms with Crippen molar-refractivity contribution in [3.05, 3.63) is 35.9 Å². The Morgan fingerprint density at radius 2 is 2.04 bits per heavy atom. The van der Waals surface area contributed by atoms with Gasteiger partial charge in [0.25, 0.3) is 0 Å². The van der Waals surface area contributed by atoms with E-state index in [4.69, 9.17) is 0 Å². The van der Waals surface area contributed by atoms with Gasteiger partial charge >= 0.3 is 0 Å². The SMILES string of the molecule is C[C@@H]1C[C@@H](N(C)C(=O)[C@H]2CCCCN2)CCN1Cc1ccccc1. The minimum absolute atomic E-state index is 0.0430. The summed E-state index contributed by atoms with van der Waals surface area (Å²) in [6.07, 6.45) is 5.51. The smallest absolute Gasteiger partial charge is 0.239 e. The van der Waals surface area contributed by atoms with Gasteiger partial charge in [-0.05, 0) is 44.7 Å². The normalized spacial score (nSPS) is 28.5. The van der Waals surface area contributed by atoms with Gasteiger partial charge in [0.15, 0.2) is 0 Å². The summed E-state index contributed by atoms with van der Waals surface area (Å²) in [5.41, 5.74) is 1.37. The van der Waals surface area contributed by atoms with E-state index in [-0.39, 0.29) is 6.04 Å². The summed E-state index contributed by atoms with van der Waals surface area (Å²) in [6, 6.07) is 11.6. The fourth-order valence-electron chi connectivity index (χ4n) is 4.09. The van der Waals surface area contributed by atoms with Crippen LogP contribution in [0.15, 0.2) is 30.3 Å². The molecule has 1 amide bonds. The van der Waals surface area contributed by atoms with Gasteiger partial charge in [0.05, 0.1) is 6.04 Å². The van der Waals surface area contributed by atoms with E-state index in [2.05, 4.69) is 47.5 Å². The van der Waals surface area contributed by atoms with Crippen LogP contribution >= 0.6 is 0 Å². The first-order valence-electron chi connectivity index (χ1n) is 9.43. The van der Waals surface area contributed by atoms with Gasteiger partial charge in [-0.15, -0.1) is 0 Å². The summed E-state index contributed by atoms with van der Waals surface area (Å²) in [6.45, 7) is 5.36. The third kappa shape index (κ3) is 4.17. The van der Waals surface area contributed by atoms with E-state index < -0.39 is 0 Å². The molecule has 2 aliphatic heterocycles. The first kappa shape index (κ1) is 17.4. The maximum atomic E-state index is 12.7. The van der Waals surface area contributed by atoms with Gasteiger partial charge in [0.2, 0.25) is 5.91 Å². The van der Waals surface area contributed by atoms with Gasteiger partial charge in [-0.25, -0.2) is 0 Å². The number of carbonyl (C=O) groups excluding carboxylic acids is 1. The Hall–Kier alpha value is -1.39. The third-order valence-corrected chi connectivity index (χ3v) is 5.72. The molecule has 2 aliphatic rings. The number of benzene rings is 1. The number of nitrogens with zero attached hydrogens (tertiary/aromatic N) is 2. The summed E-state index contributed by atoms with van der Waals surface area (Å²) in [4.78, 5) is 17.3. The number of nitrogens with one attached hydrogen (secondary N) is 1. The van der Waals surface area contributed by atoms with Crippen molar-refractivity contribution in [3.8, 4) is 0 Å². The van der Waals surface area contributed by atoms with Crippen molar-refractivity contribution < 1.29 is 4.79 Å². The lowest BCUT2D eigenvalue weighted by Gasteiger charge is -2.42. The average molecular weight is 329 g/mol. The zero-order valence-electron chi connectivity index (χ0n) is 15.1. The van der Waals surface area contributed by atoms with Crippen molar-refractivity contribution in [3.63, 3.8) is 0 Å². The lowest BCUT2D eigenvalue weighted by atomic mass is 9.95. The highest BCUT2D eigenvalue weighted by molar-refractivity contribution is 5.82. The van der Waals surface area contributed by atoms with Crippen LogP contribution in [0.2, 0.25) is 0 Å². The molecule has 0 aliphatic carbocycles. The van der Waals surface area contributed by atoms with Crippen LogP contribution in [0, 0.1) is 0 Å². The molecule has 1 aromatic rings. The highest BCUT2D eigenvalue weighted by Crippen LogP contribution is 2.24. The molecule has 0 radical (unpaired) electrons. The molecule has 1 N–H and O–H groups in total. The number of carbonyl (C=O) groups is 1. The minimum atomic E-state index is 0.0430. The van der Waals surface area contributed by atoms with Gasteiger partial charge in [-0.2, -0.15) is 0 Å². The Kier molecular flexibility index (Phi) is 5.90. The van der Waals surface area contributed by atoms with Gasteiger partial charge in [-0.1, -0.05) is 36.8 Å². The van der Waals surface area contributed by atoms with Crippen molar-refractivity contribution in [2.45, 2.75) is 63.7 Å². The van der Waals surface area contributed by atoms with E-state index in [1.165, 1.54) is 18.4 Å². The van der Waals surface area contributed by atoms with Crippen LogP contribution in [0.5, 0.6) is 0 Å². The summed E-state index contributed by atoms with van der Waals surface area (Å²) >= 11 is 0. The molecule has 3 rings (SSSR count). The molecule has 0 aromatic heterocycles. The monoisotopic (exact) mass is 329 g/mol. The quantitative estimate of drug-likeness (QED) is 0.922. The van der Waals surface area contributed by atoms with Gasteiger partial charge in [-0.3, -0.25) is 9.69 Å². The summed E-state index contributed by atoms with van der Waals surface area (Å²) in [5.74, 6) is 0.295. The van der Waals surface area contributed by atoms with Crippen LogP contribution in [-0.4, -0.2) is 54.0 Å². The van der Waals surface area contributed by atoms with Gasteiger partial charge < -0.3 is 10.2 Å². The molecule has 0 bridgehead atoms. The molecule has 3 atom stereocenters. The van der Waals surface area contributed by atoms with Crippen molar-refractivity contribution in [1.82, 2.24) is 15.1 Å². The lowest BCUT2D eigenvalue weighted by Crippen LogP contribution is -2.54. The highest BCUT2D eigenvalue weighted by Gasteiger charge is 2.32. The molecule has 0 saturated carbocycles. The predicted octanol–water partition coefficient (Wildman–Crippen LogP) is 2.64. The Morgan fingerprint density at radius 1 is 1.25 bits per heavy atom. The predicted molar refractivity (Wildman–Crippen MR) is 97.7 cm³/mol. The third-order valence-electron chi connectivity index (χ3n) is 5.72. The zero-order valence-corrected chi connectivity index (χ0v) is 15.1. The molecule has 0 unspecified atom stereocenters. The average Bonchev–Trinajstić information content (AvgIpc) is 2.64. The van der Waals surface area contributed by atoms with Crippen LogP contribution in [0.25, 0.3) is 0 Å². The molecule has 0 spiro atoms. The van der Waals surface area contributed by atoms with E-state index in [1.54, 1.807) is 0 Å². The number of piperidine rings is 2. The lowest BCUT2D eigenvalue weighted by molar-refractivity contribution is -0.136. The molecule has 2 fully saturated rings. The molecule has 2 heterocycles. The van der Waals surface area contributed by atoms with Crippen LogP contribution < -0.4 is 5.32 Å². The Bertz CT molecular complexity index is 527. The minimum Gasteiger partial charge on any atom is -0.341 e. The summed E-state index contributed by atoms with van der Waals surface area (Å²) in [5, 5.41) is 3.39. The number of rotatable bonds is 4. The number of hydrogen-bond donors (Lipinski definition) is 1. The highest BCUT2D eigenvalue weighted by atomic mass is 16.2. The fraction of sp³-hybridized carbons (Fsp3) is 0.650. The van der Waals surface area contributed by atoms with E-state index in [0.717, 1.165) is 38.9 Å². The van der Waals surface area contributed by atoms with Crippen LogP contribution in [0.3, 0.4) is 0 Å². The Balaban J connectivity index is 1.53. The Morgan fingerprint density at radius 3 is 2.71 bits per heavy atom. The van der Waals surface area contributed by atoms with Crippen LogP contribution in [0.1, 0.15) is 44.6 Å². The van der Waals surface area contributed by atoms with E-state index in [0.29, 0.717) is 18.0 Å². The zero-order chi connectivity index (χ0) is 16.9. The molecule has 2 saturated heterocycles. The molecule has 24 heavy (non-hydrogen) atoms. The second-order valence-corrected chi connectivity index (χ2v) is 7.43. The van der Waals surface area contributed by atoms with Crippen LogP contribution in [-0.2, 0) is 11.3 Å². The van der Waals surface area contributed by atoms with E-state index >= 15 is 0 Å². The summed E-state index contributed by atoms with van der Waals surface area (Å²) in [7, 11) is 2.00. The molecular formula is C20H31N3O. The maximum absolute atomic E-state index is 12.7. The van der Waals surface area contributed by atoms with Gasteiger partial charge in [0.1, 0.15) is 0 Å². The van der Waals surface area contributed by atoms with Crippen molar-refractivity contribution in [2.75, 3.05) is 20.1 Å². The second-order valence-electron chi connectivity index (χ2n) is 7.43. The van der Waals surface area contributed by atoms with Crippen molar-refractivity contribution in [2.24, 2.45) is 0 Å². The topological polar surface area (TPSA) is 35.6 Å². The number of hydrogen-bond acceptors (Lipinski definition) is 3. The first-order valence-corrected chi connectivity index (χ1v) is 9.43. The number of amides is 1. The molecule has 132 valence electrons.